The van der Waals surface area contributed by atoms with Crippen molar-refractivity contribution in [2.75, 3.05) is 52.7 Å². The molecular weight excluding hydrogens is 942 g/mol. The molecule has 0 radical (unpaired) electrons. The van der Waals surface area contributed by atoms with Crippen molar-refractivity contribution in [1.29, 1.82) is 0 Å². The van der Waals surface area contributed by atoms with Crippen LogP contribution in [0.1, 0.15) is 77.6 Å². The van der Waals surface area contributed by atoms with E-state index < -0.39 is 172 Å². The van der Waals surface area contributed by atoms with Crippen molar-refractivity contribution in [2.24, 2.45) is 5.92 Å². The zero-order chi connectivity index (χ0) is 52.1. The summed E-state index contributed by atoms with van der Waals surface area (Å²) in [6.45, 7) is -1.80. The van der Waals surface area contributed by atoms with Gasteiger partial charge in [-0.25, -0.2) is 0 Å². The second-order valence-corrected chi connectivity index (χ2v) is 17.3. The third kappa shape index (κ3) is 19.0. The highest BCUT2D eigenvalue weighted by molar-refractivity contribution is 5.92. The average molecular weight is 1020 g/mol. The fourth-order valence-corrected chi connectivity index (χ4v) is 7.69. The van der Waals surface area contributed by atoms with Crippen LogP contribution in [0.25, 0.3) is 0 Å². The lowest BCUT2D eigenvalue weighted by Crippen LogP contribution is -2.59. The van der Waals surface area contributed by atoms with Crippen LogP contribution in [0.3, 0.4) is 0 Å². The number of nitrogens with one attached hydrogen (secondary N) is 3. The molecule has 3 fully saturated rings. The fourth-order valence-electron chi connectivity index (χ4n) is 7.69. The predicted molar refractivity (Wildman–Crippen MR) is 232 cm³/mol. The van der Waals surface area contributed by atoms with Crippen LogP contribution in [0.4, 0.5) is 0 Å². The number of aliphatic hydroxyl groups excluding tert-OH is 12. The van der Waals surface area contributed by atoms with Crippen LogP contribution in [-0.4, -0.2) is 247 Å². The third-order valence-electron chi connectivity index (χ3n) is 12.0. The summed E-state index contributed by atoms with van der Waals surface area (Å²) in [5.41, 5.74) is 0. The third-order valence-corrected chi connectivity index (χ3v) is 12.0. The first-order valence-electron chi connectivity index (χ1n) is 23.4. The Morgan fingerprint density at radius 1 is 0.486 bits per heavy atom. The number of Topliss-reactive ketones (excluding diaryl/α,β-unsaturated/α-hetero) is 3. The summed E-state index contributed by atoms with van der Waals surface area (Å²) in [4.78, 5) is 78.4. The van der Waals surface area contributed by atoms with E-state index in [0.29, 0.717) is 19.3 Å². The first-order chi connectivity index (χ1) is 33.3. The predicted octanol–water partition coefficient (Wildman–Crippen LogP) is -7.21. The largest absolute Gasteiger partial charge is 0.394 e. The molecule has 15 N–H and O–H groups in total. The lowest BCUT2D eigenvalue weighted by molar-refractivity contribution is -0.301. The van der Waals surface area contributed by atoms with Gasteiger partial charge in [-0.15, -0.1) is 0 Å². The van der Waals surface area contributed by atoms with Gasteiger partial charge in [0.25, 0.3) is 0 Å². The van der Waals surface area contributed by atoms with Gasteiger partial charge in [0.2, 0.25) is 17.7 Å². The molecule has 0 unspecified atom stereocenters. The van der Waals surface area contributed by atoms with Crippen LogP contribution in [-0.2, 0) is 57.2 Å². The highest BCUT2D eigenvalue weighted by atomic mass is 16.7. The number of unbranched alkanes of at least 4 members (excludes halogenated alkanes) is 1. The summed E-state index contributed by atoms with van der Waals surface area (Å²) in [5.74, 6) is -4.54. The summed E-state index contributed by atoms with van der Waals surface area (Å²) in [6.07, 6.45) is -24.0. The maximum atomic E-state index is 13.6. The van der Waals surface area contributed by atoms with Gasteiger partial charge in [-0.1, -0.05) is 6.92 Å². The van der Waals surface area contributed by atoms with Crippen LogP contribution in [0.5, 0.6) is 0 Å². The average Bonchev–Trinajstić information content (AvgIpc) is 3.34. The van der Waals surface area contributed by atoms with Crippen molar-refractivity contribution in [3.63, 3.8) is 0 Å². The maximum Gasteiger partial charge on any atom is 0.242 e. The van der Waals surface area contributed by atoms with Crippen LogP contribution >= 0.6 is 0 Å². The van der Waals surface area contributed by atoms with Gasteiger partial charge in [0.15, 0.2) is 18.9 Å². The van der Waals surface area contributed by atoms with Crippen molar-refractivity contribution in [3.05, 3.63) is 0 Å². The SMILES string of the molecule is CCC(=O)CCCCC(=O)N[C@@H](CCC(=O)C[C@@H](CC(=O)CCCO[C@H]1O[C@H](CO)[C@@H](O)[C@H](O)[C@@H]1O)C(=O)NCCO[C@H]1O[C@H](CO)[C@@H](O)[C@H](O)[C@@H]1O)C(=O)NCCO[C@H]1O[C@H](CO)[C@@H](O)[C@H](O)[C@@H]1O. The van der Waals surface area contributed by atoms with Crippen LogP contribution in [0.15, 0.2) is 0 Å². The zero-order valence-electron chi connectivity index (χ0n) is 39.0. The summed E-state index contributed by atoms with van der Waals surface area (Å²) in [7, 11) is 0. The van der Waals surface area contributed by atoms with E-state index in [4.69, 9.17) is 28.4 Å². The number of hydrogen-bond donors (Lipinski definition) is 15. The monoisotopic (exact) mass is 1020 g/mol. The number of aliphatic hydroxyl groups is 12. The minimum Gasteiger partial charge on any atom is -0.394 e. The van der Waals surface area contributed by atoms with E-state index in [1.807, 2.05) is 0 Å². The molecular formula is C43H73N3O24. The van der Waals surface area contributed by atoms with Crippen molar-refractivity contribution in [2.45, 2.75) is 176 Å². The van der Waals surface area contributed by atoms with Crippen LogP contribution < -0.4 is 16.0 Å². The van der Waals surface area contributed by atoms with Gasteiger partial charge < -0.3 is 106 Å². The second-order valence-electron chi connectivity index (χ2n) is 17.3. The molecule has 0 aliphatic carbocycles. The molecule has 3 aliphatic heterocycles. The standard InChI is InChI=1S/C43H73N3O24/c1-2-22(50)6-3-4-8-29(53)46-25(40(64)45-12-15-67-43-38(62)35(59)32(56)28(20-49)70-43)10-9-24(52)17-21(39(63)44-11-14-66-42-37(61)34(58)31(55)27(19-48)69-42)16-23(51)7-5-13-65-41-36(60)33(57)30(54)26(18-47)68-41/h21,25-28,30-38,41-43,47-49,54-62H,2-20H2,1H3,(H,44,63)(H,45,64)(H,46,53)/t21-,25+,26-,27-,28-,30-,31-,32-,33+,34+,35+,36+,37+,38+,41+,42+,43+/m1/s1. The van der Waals surface area contributed by atoms with Gasteiger partial charge in [-0.2, -0.15) is 0 Å². The molecule has 27 nitrogen and oxygen atoms in total. The Morgan fingerprint density at radius 3 is 1.33 bits per heavy atom. The van der Waals surface area contributed by atoms with E-state index in [-0.39, 0.29) is 70.8 Å². The summed E-state index contributed by atoms with van der Waals surface area (Å²) in [5, 5.41) is 127. The Balaban J connectivity index is 1.65. The molecule has 404 valence electrons. The Hall–Kier alpha value is -3.30. The number of carbonyl (C=O) groups excluding carboxylic acids is 6. The van der Waals surface area contributed by atoms with E-state index in [9.17, 15) is 90.0 Å². The molecule has 0 spiro atoms. The smallest absolute Gasteiger partial charge is 0.242 e. The normalized spacial score (nSPS) is 32.1. The molecule has 0 bridgehead atoms. The molecule has 0 saturated carbocycles. The van der Waals surface area contributed by atoms with E-state index >= 15 is 0 Å². The number of carbonyl (C=O) groups is 6. The molecule has 3 rings (SSSR count). The van der Waals surface area contributed by atoms with Crippen LogP contribution in [0, 0.1) is 5.92 Å². The molecule has 3 saturated heterocycles. The number of amides is 3. The van der Waals surface area contributed by atoms with Gasteiger partial charge in [0.05, 0.1) is 45.6 Å². The topological polar surface area (TPSA) is 437 Å². The van der Waals surface area contributed by atoms with Gasteiger partial charge in [0, 0.05) is 58.0 Å². The Bertz CT molecular complexity index is 1630. The van der Waals surface area contributed by atoms with Gasteiger partial charge in [0.1, 0.15) is 96.6 Å². The van der Waals surface area contributed by atoms with Crippen molar-refractivity contribution in [1.82, 2.24) is 16.0 Å². The number of hydrogen-bond acceptors (Lipinski definition) is 24. The van der Waals surface area contributed by atoms with Crippen molar-refractivity contribution >= 4 is 35.1 Å². The minimum absolute atomic E-state index is 0.00202. The number of ketones is 3. The summed E-state index contributed by atoms with van der Waals surface area (Å²) in [6, 6.07) is -1.32. The molecule has 70 heavy (non-hydrogen) atoms. The lowest BCUT2D eigenvalue weighted by Gasteiger charge is -2.39. The molecule has 0 aromatic heterocycles. The van der Waals surface area contributed by atoms with E-state index in [1.54, 1.807) is 6.92 Å². The zero-order valence-corrected chi connectivity index (χ0v) is 39.0. The first kappa shape index (κ1) is 61.0. The van der Waals surface area contributed by atoms with Crippen molar-refractivity contribution < 1.29 is 118 Å². The lowest BCUT2D eigenvalue weighted by atomic mass is 9.92. The van der Waals surface area contributed by atoms with Gasteiger partial charge in [-0.05, 0) is 25.7 Å². The quantitative estimate of drug-likeness (QED) is 0.0278. The van der Waals surface area contributed by atoms with E-state index in [2.05, 4.69) is 16.0 Å². The van der Waals surface area contributed by atoms with Gasteiger partial charge >= 0.3 is 0 Å². The molecule has 3 heterocycles. The number of ether oxygens (including phenoxy) is 6. The highest BCUT2D eigenvalue weighted by Gasteiger charge is 2.46. The van der Waals surface area contributed by atoms with Crippen molar-refractivity contribution in [3.8, 4) is 0 Å². The van der Waals surface area contributed by atoms with E-state index in [0.717, 1.165) is 0 Å². The first-order valence-corrected chi connectivity index (χ1v) is 23.4. The van der Waals surface area contributed by atoms with E-state index in [1.165, 1.54) is 0 Å². The minimum atomic E-state index is -1.73. The fraction of sp³-hybridized carbons (Fsp3) is 0.860. The summed E-state index contributed by atoms with van der Waals surface area (Å²) < 4.78 is 32.1. The Kier molecular flexibility index (Phi) is 27.3. The molecule has 0 aromatic carbocycles. The maximum absolute atomic E-state index is 13.6. The second kappa shape index (κ2) is 31.3. The number of rotatable bonds is 32. The molecule has 3 aliphatic rings. The van der Waals surface area contributed by atoms with Gasteiger partial charge in [-0.3, -0.25) is 28.8 Å². The Morgan fingerprint density at radius 2 is 0.886 bits per heavy atom. The molecule has 0 aromatic rings. The molecule has 3 amide bonds. The van der Waals surface area contributed by atoms with Crippen LogP contribution in [0.2, 0.25) is 0 Å². The molecule has 17 atom stereocenters. The Labute approximate surface area is 403 Å². The highest BCUT2D eigenvalue weighted by Crippen LogP contribution is 2.25. The molecule has 27 heteroatoms. The summed E-state index contributed by atoms with van der Waals surface area (Å²) >= 11 is 0.